The standard InChI is InChI=1S/C16H20N4O3S/c1-10-4-5-13-17-15(18-16(22)20(13)6-10)24-9-14(21)19-7-11(2)23-12(3)8-19/h4-6,11-12H,7-9H2,1-3H3/t11-,12-/m0/s1. The highest BCUT2D eigenvalue weighted by Gasteiger charge is 2.25. The van der Waals surface area contributed by atoms with Crippen LogP contribution in [0.1, 0.15) is 19.4 Å². The van der Waals surface area contributed by atoms with Gasteiger partial charge in [0.25, 0.3) is 0 Å². The summed E-state index contributed by atoms with van der Waals surface area (Å²) in [4.78, 5) is 34.5. The molecule has 3 rings (SSSR count). The molecule has 0 unspecified atom stereocenters. The van der Waals surface area contributed by atoms with Gasteiger partial charge < -0.3 is 9.64 Å². The third kappa shape index (κ3) is 3.76. The van der Waals surface area contributed by atoms with Crippen molar-refractivity contribution in [3.05, 3.63) is 34.4 Å². The van der Waals surface area contributed by atoms with Crippen LogP contribution in [0.2, 0.25) is 0 Å². The fourth-order valence-corrected chi connectivity index (χ4v) is 3.50. The van der Waals surface area contributed by atoms with E-state index in [1.165, 1.54) is 16.2 Å². The Morgan fingerprint density at radius 3 is 2.71 bits per heavy atom. The van der Waals surface area contributed by atoms with Gasteiger partial charge in [-0.15, -0.1) is 0 Å². The Morgan fingerprint density at radius 1 is 1.29 bits per heavy atom. The lowest BCUT2D eigenvalue weighted by Crippen LogP contribution is -2.48. The fourth-order valence-electron chi connectivity index (χ4n) is 2.77. The Labute approximate surface area is 144 Å². The van der Waals surface area contributed by atoms with Gasteiger partial charge in [0.2, 0.25) is 5.91 Å². The van der Waals surface area contributed by atoms with Crippen LogP contribution < -0.4 is 5.69 Å². The largest absolute Gasteiger partial charge is 0.372 e. The molecule has 0 bridgehead atoms. The number of amides is 1. The number of carbonyl (C=O) groups excluding carboxylic acids is 1. The SMILES string of the molecule is Cc1ccc2nc(SCC(=O)N3C[C@H](C)O[C@@H](C)C3)nc(=O)n2c1. The number of morpholine rings is 1. The number of fused-ring (bicyclic) bond motifs is 1. The lowest BCUT2D eigenvalue weighted by Gasteiger charge is -2.35. The van der Waals surface area contributed by atoms with E-state index in [0.717, 1.165) is 5.56 Å². The molecule has 0 N–H and O–H groups in total. The molecule has 2 aromatic rings. The van der Waals surface area contributed by atoms with Crippen LogP contribution in [0.4, 0.5) is 0 Å². The van der Waals surface area contributed by atoms with Crippen LogP contribution in [-0.2, 0) is 9.53 Å². The fraction of sp³-hybridized carbons (Fsp3) is 0.500. The van der Waals surface area contributed by atoms with Crippen LogP contribution >= 0.6 is 11.8 Å². The average Bonchev–Trinajstić information content (AvgIpc) is 2.52. The summed E-state index contributed by atoms with van der Waals surface area (Å²) in [6.45, 7) is 6.99. The molecule has 2 aromatic heterocycles. The number of hydrogen-bond acceptors (Lipinski definition) is 6. The number of pyridine rings is 1. The minimum atomic E-state index is -0.382. The molecule has 1 saturated heterocycles. The Morgan fingerprint density at radius 2 is 2.00 bits per heavy atom. The van der Waals surface area contributed by atoms with Gasteiger partial charge in [-0.1, -0.05) is 17.8 Å². The van der Waals surface area contributed by atoms with Crippen molar-refractivity contribution in [2.24, 2.45) is 0 Å². The molecule has 128 valence electrons. The summed E-state index contributed by atoms with van der Waals surface area (Å²) in [7, 11) is 0. The first-order chi connectivity index (χ1) is 11.4. The topological polar surface area (TPSA) is 76.8 Å². The number of nitrogens with zero attached hydrogens (tertiary/aromatic N) is 4. The van der Waals surface area contributed by atoms with Crippen LogP contribution in [0, 0.1) is 6.92 Å². The van der Waals surface area contributed by atoms with Crippen LogP contribution in [0.3, 0.4) is 0 Å². The molecule has 0 saturated carbocycles. The first kappa shape index (κ1) is 16.9. The lowest BCUT2D eigenvalue weighted by molar-refractivity contribution is -0.140. The van der Waals surface area contributed by atoms with Gasteiger partial charge in [-0.05, 0) is 32.4 Å². The Hall–Kier alpha value is -1.93. The van der Waals surface area contributed by atoms with Crippen LogP contribution in [0.15, 0.2) is 28.3 Å². The number of aryl methyl sites for hydroxylation is 1. The molecule has 24 heavy (non-hydrogen) atoms. The quantitative estimate of drug-likeness (QED) is 0.774. The second-order valence-electron chi connectivity index (χ2n) is 6.07. The maximum absolute atomic E-state index is 12.4. The van der Waals surface area contributed by atoms with Gasteiger partial charge in [0, 0.05) is 19.3 Å². The monoisotopic (exact) mass is 348 g/mol. The van der Waals surface area contributed by atoms with Crippen LogP contribution in [0.25, 0.3) is 5.65 Å². The zero-order valence-corrected chi connectivity index (χ0v) is 14.7. The number of ether oxygens (including phenoxy) is 1. The average molecular weight is 348 g/mol. The molecular weight excluding hydrogens is 328 g/mol. The van der Waals surface area contributed by atoms with E-state index in [1.54, 1.807) is 17.2 Å². The lowest BCUT2D eigenvalue weighted by atomic mass is 10.2. The van der Waals surface area contributed by atoms with Crippen molar-refractivity contribution >= 4 is 23.3 Å². The summed E-state index contributed by atoms with van der Waals surface area (Å²) in [6, 6.07) is 3.66. The van der Waals surface area contributed by atoms with E-state index in [2.05, 4.69) is 9.97 Å². The van der Waals surface area contributed by atoms with E-state index in [4.69, 9.17) is 4.74 Å². The molecule has 0 spiro atoms. The maximum Gasteiger partial charge on any atom is 0.355 e. The molecule has 3 heterocycles. The Bertz CT molecular complexity index is 813. The molecule has 1 amide bonds. The van der Waals surface area contributed by atoms with E-state index >= 15 is 0 Å². The van der Waals surface area contributed by atoms with Crippen LogP contribution in [0.5, 0.6) is 0 Å². The van der Waals surface area contributed by atoms with Crippen molar-refractivity contribution in [2.45, 2.75) is 38.1 Å². The molecular formula is C16H20N4O3S. The van der Waals surface area contributed by atoms with Crippen molar-refractivity contribution in [3.63, 3.8) is 0 Å². The van der Waals surface area contributed by atoms with Gasteiger partial charge in [0.1, 0.15) is 5.65 Å². The molecule has 1 aliphatic rings. The van der Waals surface area contributed by atoms with Gasteiger partial charge in [-0.25, -0.2) is 9.78 Å². The summed E-state index contributed by atoms with van der Waals surface area (Å²) in [5.41, 5.74) is 1.11. The van der Waals surface area contributed by atoms with Crippen LogP contribution in [-0.4, -0.2) is 56.2 Å². The van der Waals surface area contributed by atoms with Crippen molar-refractivity contribution in [1.29, 1.82) is 0 Å². The van der Waals surface area contributed by atoms with E-state index in [1.807, 2.05) is 26.8 Å². The van der Waals surface area contributed by atoms with Crippen molar-refractivity contribution < 1.29 is 9.53 Å². The number of carbonyl (C=O) groups is 1. The van der Waals surface area contributed by atoms with E-state index in [-0.39, 0.29) is 29.6 Å². The van der Waals surface area contributed by atoms with Crippen molar-refractivity contribution in [1.82, 2.24) is 19.3 Å². The zero-order chi connectivity index (χ0) is 17.3. The predicted molar refractivity (Wildman–Crippen MR) is 91.3 cm³/mol. The minimum Gasteiger partial charge on any atom is -0.372 e. The van der Waals surface area contributed by atoms with E-state index < -0.39 is 0 Å². The highest BCUT2D eigenvalue weighted by Crippen LogP contribution is 2.16. The second kappa shape index (κ2) is 6.90. The number of hydrogen-bond donors (Lipinski definition) is 0. The number of rotatable bonds is 3. The predicted octanol–water partition coefficient (Wildman–Crippen LogP) is 1.13. The molecule has 0 aliphatic carbocycles. The summed E-state index contributed by atoms with van der Waals surface area (Å²) >= 11 is 1.19. The minimum absolute atomic E-state index is 0.00899. The van der Waals surface area contributed by atoms with Crippen molar-refractivity contribution in [2.75, 3.05) is 18.8 Å². The molecule has 2 atom stereocenters. The first-order valence-electron chi connectivity index (χ1n) is 7.85. The third-order valence-corrected chi connectivity index (χ3v) is 4.61. The second-order valence-corrected chi connectivity index (χ2v) is 7.01. The normalized spacial score (nSPS) is 21.2. The first-order valence-corrected chi connectivity index (χ1v) is 8.84. The van der Waals surface area contributed by atoms with Crippen molar-refractivity contribution in [3.8, 4) is 0 Å². The molecule has 1 aliphatic heterocycles. The van der Waals surface area contributed by atoms with Gasteiger partial charge in [0.05, 0.1) is 18.0 Å². The number of thioether (sulfide) groups is 1. The summed E-state index contributed by atoms with van der Waals surface area (Å²) in [5, 5.41) is 0.326. The zero-order valence-electron chi connectivity index (χ0n) is 13.9. The summed E-state index contributed by atoms with van der Waals surface area (Å²) in [6.07, 6.45) is 1.77. The molecule has 7 nitrogen and oxygen atoms in total. The van der Waals surface area contributed by atoms with Gasteiger partial charge in [-0.2, -0.15) is 4.98 Å². The third-order valence-electron chi connectivity index (χ3n) is 3.78. The summed E-state index contributed by atoms with van der Waals surface area (Å²) < 4.78 is 7.04. The highest BCUT2D eigenvalue weighted by atomic mass is 32.2. The highest BCUT2D eigenvalue weighted by molar-refractivity contribution is 7.99. The maximum atomic E-state index is 12.4. The smallest absolute Gasteiger partial charge is 0.355 e. The van der Waals surface area contributed by atoms with Gasteiger partial charge >= 0.3 is 5.69 Å². The van der Waals surface area contributed by atoms with E-state index in [0.29, 0.717) is 23.9 Å². The molecule has 1 fully saturated rings. The number of aromatic nitrogens is 3. The van der Waals surface area contributed by atoms with E-state index in [9.17, 15) is 9.59 Å². The summed E-state index contributed by atoms with van der Waals surface area (Å²) in [5.74, 6) is 0.218. The molecule has 0 aromatic carbocycles. The van der Waals surface area contributed by atoms with Gasteiger partial charge in [-0.3, -0.25) is 9.20 Å². The Kier molecular flexibility index (Phi) is 4.86. The molecule has 8 heteroatoms. The van der Waals surface area contributed by atoms with Gasteiger partial charge in [0.15, 0.2) is 5.16 Å². The Balaban J connectivity index is 1.70. The molecule has 0 radical (unpaired) electrons.